The molecule has 1 saturated heterocycles. The number of piperidine rings is 1. The van der Waals surface area contributed by atoms with Crippen molar-refractivity contribution in [1.29, 1.82) is 0 Å². The van der Waals surface area contributed by atoms with Gasteiger partial charge in [-0.3, -0.25) is 4.79 Å². The molecule has 4 nitrogen and oxygen atoms in total. The Morgan fingerprint density at radius 1 is 1.13 bits per heavy atom. The number of halogens is 1. The van der Waals surface area contributed by atoms with Gasteiger partial charge in [0.05, 0.1) is 7.11 Å². The first-order valence-corrected chi connectivity index (χ1v) is 11.3. The number of ether oxygens (including phenoxy) is 1. The minimum absolute atomic E-state index is 0.0869. The predicted molar refractivity (Wildman–Crippen MR) is 124 cm³/mol. The van der Waals surface area contributed by atoms with Gasteiger partial charge in [0.25, 0.3) is 5.91 Å². The smallest absolute Gasteiger partial charge is 0.251 e. The quantitative estimate of drug-likeness (QED) is 0.589. The molecule has 1 fully saturated rings. The van der Waals surface area contributed by atoms with Crippen LogP contribution in [0.4, 0.5) is 0 Å². The summed E-state index contributed by atoms with van der Waals surface area (Å²) >= 11 is 6.07. The van der Waals surface area contributed by atoms with Crippen molar-refractivity contribution in [3.8, 4) is 5.75 Å². The van der Waals surface area contributed by atoms with E-state index in [0.29, 0.717) is 17.1 Å². The van der Waals surface area contributed by atoms with Gasteiger partial charge in [-0.05, 0) is 81.2 Å². The normalized spacial score (nSPS) is 16.6. The van der Waals surface area contributed by atoms with Crippen molar-refractivity contribution in [3.05, 3.63) is 64.7 Å². The van der Waals surface area contributed by atoms with Crippen LogP contribution in [-0.2, 0) is 5.41 Å². The van der Waals surface area contributed by atoms with Crippen molar-refractivity contribution in [2.24, 2.45) is 0 Å². The maximum Gasteiger partial charge on any atom is 0.251 e. The summed E-state index contributed by atoms with van der Waals surface area (Å²) in [6.45, 7) is 6.18. The monoisotopic (exact) mass is 428 g/mol. The second kappa shape index (κ2) is 10.8. The topological polar surface area (TPSA) is 41.6 Å². The van der Waals surface area contributed by atoms with Gasteiger partial charge in [-0.2, -0.15) is 0 Å². The fourth-order valence-electron chi connectivity index (χ4n) is 4.33. The summed E-state index contributed by atoms with van der Waals surface area (Å²) in [5, 5.41) is 3.76. The van der Waals surface area contributed by atoms with Crippen molar-refractivity contribution in [2.45, 2.75) is 44.4 Å². The van der Waals surface area contributed by atoms with Crippen LogP contribution in [-0.4, -0.2) is 44.1 Å². The van der Waals surface area contributed by atoms with Crippen molar-refractivity contribution in [3.63, 3.8) is 0 Å². The first kappa shape index (κ1) is 22.6. The Hall–Kier alpha value is -2.04. The second-order valence-electron chi connectivity index (χ2n) is 8.21. The van der Waals surface area contributed by atoms with Crippen LogP contribution in [0.5, 0.6) is 5.75 Å². The average Bonchev–Trinajstić information content (AvgIpc) is 2.80. The van der Waals surface area contributed by atoms with Crippen LogP contribution in [0.25, 0.3) is 0 Å². The molecule has 2 aromatic rings. The van der Waals surface area contributed by atoms with Crippen LogP contribution < -0.4 is 10.1 Å². The third-order valence-corrected chi connectivity index (χ3v) is 6.62. The van der Waals surface area contributed by atoms with E-state index in [4.69, 9.17) is 16.3 Å². The largest absolute Gasteiger partial charge is 0.497 e. The third kappa shape index (κ3) is 5.77. The van der Waals surface area contributed by atoms with Gasteiger partial charge in [-0.25, -0.2) is 0 Å². The number of amides is 1. The lowest BCUT2D eigenvalue weighted by molar-refractivity contribution is 0.0937. The summed E-state index contributed by atoms with van der Waals surface area (Å²) in [7, 11) is 1.70. The van der Waals surface area contributed by atoms with Gasteiger partial charge < -0.3 is 15.0 Å². The van der Waals surface area contributed by atoms with Crippen molar-refractivity contribution >= 4 is 17.5 Å². The van der Waals surface area contributed by atoms with Crippen LogP contribution in [0.15, 0.2) is 48.5 Å². The zero-order chi connectivity index (χ0) is 21.4. The Morgan fingerprint density at radius 2 is 1.90 bits per heavy atom. The molecule has 162 valence electrons. The number of hydrogen-bond donors (Lipinski definition) is 1. The van der Waals surface area contributed by atoms with Crippen LogP contribution in [0.1, 0.15) is 54.9 Å². The molecule has 0 aliphatic carbocycles. The van der Waals surface area contributed by atoms with Gasteiger partial charge >= 0.3 is 0 Å². The molecule has 0 bridgehead atoms. The lowest BCUT2D eigenvalue weighted by atomic mass is 9.74. The minimum Gasteiger partial charge on any atom is -0.497 e. The Bertz CT molecular complexity index is 835. The Kier molecular flexibility index (Phi) is 8.17. The van der Waals surface area contributed by atoms with Gasteiger partial charge in [0.15, 0.2) is 0 Å². The van der Waals surface area contributed by atoms with Gasteiger partial charge in [0, 0.05) is 22.5 Å². The van der Waals surface area contributed by atoms with E-state index in [0.717, 1.165) is 25.1 Å². The standard InChI is InChI=1S/C25H33ClN2O2/c1-3-25(13-16-28-14-5-4-6-15-28,21-10-8-12-23(18-21)30-2)19-27-24(29)20-9-7-11-22(26)17-20/h7-12,17-18H,3-6,13-16,19H2,1-2H3,(H,27,29). The maximum atomic E-state index is 12.8. The number of benzene rings is 2. The molecule has 1 unspecified atom stereocenters. The van der Waals surface area contributed by atoms with E-state index in [2.05, 4.69) is 29.3 Å². The number of carbonyl (C=O) groups excluding carboxylic acids is 1. The highest BCUT2D eigenvalue weighted by Gasteiger charge is 2.32. The summed E-state index contributed by atoms with van der Waals surface area (Å²) in [6.07, 6.45) is 5.82. The van der Waals surface area contributed by atoms with Gasteiger partial charge in [0.2, 0.25) is 0 Å². The summed E-state index contributed by atoms with van der Waals surface area (Å²) in [5.74, 6) is 0.764. The summed E-state index contributed by atoms with van der Waals surface area (Å²) in [4.78, 5) is 15.4. The number of rotatable bonds is 9. The molecule has 1 aliphatic rings. The third-order valence-electron chi connectivity index (χ3n) is 6.39. The summed E-state index contributed by atoms with van der Waals surface area (Å²) in [5.41, 5.74) is 1.65. The number of nitrogens with one attached hydrogen (secondary N) is 1. The Balaban J connectivity index is 1.80. The zero-order valence-electron chi connectivity index (χ0n) is 18.1. The molecule has 1 amide bonds. The Labute approximate surface area is 185 Å². The fourth-order valence-corrected chi connectivity index (χ4v) is 4.52. The highest BCUT2D eigenvalue weighted by molar-refractivity contribution is 6.30. The van der Waals surface area contributed by atoms with Crippen LogP contribution in [0.3, 0.4) is 0 Å². The van der Waals surface area contributed by atoms with E-state index in [1.165, 1.54) is 37.9 Å². The van der Waals surface area contributed by atoms with E-state index >= 15 is 0 Å². The molecule has 0 saturated carbocycles. The van der Waals surface area contributed by atoms with Gasteiger partial charge in [-0.1, -0.05) is 43.1 Å². The van der Waals surface area contributed by atoms with Crippen molar-refractivity contribution in [1.82, 2.24) is 10.2 Å². The number of likely N-dealkylation sites (tertiary alicyclic amines) is 1. The molecule has 30 heavy (non-hydrogen) atoms. The molecule has 1 atom stereocenters. The van der Waals surface area contributed by atoms with E-state index in [-0.39, 0.29) is 11.3 Å². The predicted octanol–water partition coefficient (Wildman–Crippen LogP) is 5.30. The number of carbonyl (C=O) groups is 1. The number of hydrogen-bond acceptors (Lipinski definition) is 3. The molecular weight excluding hydrogens is 396 g/mol. The minimum atomic E-state index is -0.153. The van der Waals surface area contributed by atoms with E-state index in [1.807, 2.05) is 18.2 Å². The van der Waals surface area contributed by atoms with Crippen molar-refractivity contribution in [2.75, 3.05) is 33.3 Å². The fraction of sp³-hybridized carbons (Fsp3) is 0.480. The lowest BCUT2D eigenvalue weighted by Gasteiger charge is -2.37. The molecule has 0 radical (unpaired) electrons. The molecule has 0 aromatic heterocycles. The molecular formula is C25H33ClN2O2. The van der Waals surface area contributed by atoms with Crippen LogP contribution in [0, 0.1) is 0 Å². The lowest BCUT2D eigenvalue weighted by Crippen LogP contribution is -2.43. The van der Waals surface area contributed by atoms with Gasteiger partial charge in [0.1, 0.15) is 5.75 Å². The first-order chi connectivity index (χ1) is 14.6. The summed E-state index contributed by atoms with van der Waals surface area (Å²) in [6, 6.07) is 15.4. The van der Waals surface area contributed by atoms with E-state index in [1.54, 1.807) is 25.3 Å². The van der Waals surface area contributed by atoms with Gasteiger partial charge in [-0.15, -0.1) is 0 Å². The molecule has 2 aromatic carbocycles. The highest BCUT2D eigenvalue weighted by Crippen LogP contribution is 2.34. The van der Waals surface area contributed by atoms with Crippen molar-refractivity contribution < 1.29 is 9.53 Å². The Morgan fingerprint density at radius 3 is 2.60 bits per heavy atom. The molecule has 1 N–H and O–H groups in total. The van der Waals surface area contributed by atoms with Crippen LogP contribution in [0.2, 0.25) is 5.02 Å². The molecule has 1 heterocycles. The number of methoxy groups -OCH3 is 1. The molecule has 0 spiro atoms. The molecule has 1 aliphatic heterocycles. The first-order valence-electron chi connectivity index (χ1n) is 11.0. The number of nitrogens with zero attached hydrogens (tertiary/aromatic N) is 1. The second-order valence-corrected chi connectivity index (χ2v) is 8.65. The van der Waals surface area contributed by atoms with Crippen LogP contribution >= 0.6 is 11.6 Å². The maximum absolute atomic E-state index is 12.8. The SMILES string of the molecule is CCC(CCN1CCCCC1)(CNC(=O)c1cccc(Cl)c1)c1cccc(OC)c1. The molecule has 3 rings (SSSR count). The summed E-state index contributed by atoms with van der Waals surface area (Å²) < 4.78 is 5.48. The molecule has 5 heteroatoms. The zero-order valence-corrected chi connectivity index (χ0v) is 18.9. The highest BCUT2D eigenvalue weighted by atomic mass is 35.5. The van der Waals surface area contributed by atoms with E-state index < -0.39 is 0 Å². The van der Waals surface area contributed by atoms with E-state index in [9.17, 15) is 4.79 Å². The average molecular weight is 429 g/mol.